The highest BCUT2D eigenvalue weighted by Crippen LogP contribution is 2.20. The average molecular weight is 303 g/mol. The zero-order valence-corrected chi connectivity index (χ0v) is 13.2. The number of carbonyl (C=O) groups is 1. The zero-order valence-electron chi connectivity index (χ0n) is 13.2. The van der Waals surface area contributed by atoms with Crippen LogP contribution >= 0.6 is 0 Å². The van der Waals surface area contributed by atoms with Crippen LogP contribution in [0.1, 0.15) is 32.7 Å². The van der Waals surface area contributed by atoms with Crippen molar-refractivity contribution in [3.05, 3.63) is 40.8 Å². The number of fused-ring (bicyclic) bond motifs is 1. The van der Waals surface area contributed by atoms with Crippen molar-refractivity contribution < 1.29 is 14.3 Å². The molecule has 1 heterocycles. The van der Waals surface area contributed by atoms with Crippen LogP contribution < -0.4 is 10.3 Å². The molecule has 5 heteroatoms. The molecule has 2 aromatic rings. The van der Waals surface area contributed by atoms with Crippen LogP contribution in [0, 0.1) is 0 Å². The van der Waals surface area contributed by atoms with E-state index in [1.807, 2.05) is 19.9 Å². The summed E-state index contributed by atoms with van der Waals surface area (Å²) in [7, 11) is 1.58. The molecule has 2 rings (SSSR count). The molecule has 5 nitrogen and oxygen atoms in total. The van der Waals surface area contributed by atoms with Gasteiger partial charge in [0.05, 0.1) is 13.7 Å². The molecule has 0 amide bonds. The van der Waals surface area contributed by atoms with Crippen LogP contribution in [0.3, 0.4) is 0 Å². The van der Waals surface area contributed by atoms with Gasteiger partial charge in [0, 0.05) is 11.6 Å². The van der Waals surface area contributed by atoms with Gasteiger partial charge in [-0.25, -0.2) is 4.79 Å². The van der Waals surface area contributed by atoms with Gasteiger partial charge >= 0.3 is 5.97 Å². The predicted octanol–water partition coefficient (Wildman–Crippen LogP) is 2.91. The number of hydrogen-bond acceptors (Lipinski definition) is 4. The second-order valence-electron chi connectivity index (χ2n) is 5.07. The van der Waals surface area contributed by atoms with Gasteiger partial charge in [-0.15, -0.1) is 0 Å². The van der Waals surface area contributed by atoms with Gasteiger partial charge in [0.2, 0.25) is 0 Å². The Hall–Kier alpha value is -2.30. The molecule has 1 aromatic carbocycles. The van der Waals surface area contributed by atoms with Crippen molar-refractivity contribution in [1.82, 2.24) is 4.57 Å². The average Bonchev–Trinajstić information content (AvgIpc) is 2.55. The first kappa shape index (κ1) is 16.1. The van der Waals surface area contributed by atoms with Crippen LogP contribution in [0.4, 0.5) is 0 Å². The molecule has 0 aliphatic heterocycles. The van der Waals surface area contributed by atoms with E-state index in [0.717, 1.165) is 11.8 Å². The number of esters is 1. The topological polar surface area (TPSA) is 57.5 Å². The summed E-state index contributed by atoms with van der Waals surface area (Å²) in [6.45, 7) is 4.17. The smallest absolute Gasteiger partial charge is 0.329 e. The molecule has 0 bridgehead atoms. The van der Waals surface area contributed by atoms with Gasteiger partial charge in [0.15, 0.2) is 0 Å². The monoisotopic (exact) mass is 303 g/mol. The summed E-state index contributed by atoms with van der Waals surface area (Å²) in [5.74, 6) is 0.332. The molecule has 0 aliphatic carbocycles. The Balaban J connectivity index is 2.44. The Labute approximate surface area is 129 Å². The fourth-order valence-corrected chi connectivity index (χ4v) is 2.39. The highest BCUT2D eigenvalue weighted by Gasteiger charge is 2.21. The van der Waals surface area contributed by atoms with E-state index >= 15 is 0 Å². The van der Waals surface area contributed by atoms with Gasteiger partial charge in [0.25, 0.3) is 5.56 Å². The number of hydrogen-bond donors (Lipinski definition) is 0. The number of carbonyl (C=O) groups excluding carboxylic acids is 1. The Morgan fingerprint density at radius 1 is 1.27 bits per heavy atom. The van der Waals surface area contributed by atoms with Gasteiger partial charge in [-0.3, -0.25) is 4.79 Å². The van der Waals surface area contributed by atoms with Gasteiger partial charge in [-0.1, -0.05) is 13.8 Å². The molecule has 0 fully saturated rings. The highest BCUT2D eigenvalue weighted by molar-refractivity contribution is 5.83. The van der Waals surface area contributed by atoms with E-state index in [9.17, 15) is 9.59 Å². The SMILES string of the molecule is CCCOC(=O)C(CC)n1ccc2cc(OC)ccc2c1=O. The maximum atomic E-state index is 12.6. The van der Waals surface area contributed by atoms with Crippen molar-refractivity contribution in [2.45, 2.75) is 32.7 Å². The number of pyridine rings is 1. The first-order chi connectivity index (χ1) is 10.6. The molecule has 1 atom stereocenters. The molecule has 1 aromatic heterocycles. The van der Waals surface area contributed by atoms with Crippen LogP contribution in [0.5, 0.6) is 5.75 Å². The second kappa shape index (κ2) is 7.11. The van der Waals surface area contributed by atoms with E-state index < -0.39 is 6.04 Å². The standard InChI is InChI=1S/C17H21NO4/c1-4-10-22-17(20)15(5-2)18-9-8-12-11-13(21-3)6-7-14(12)16(18)19/h6-9,11,15H,4-5,10H2,1-3H3. The van der Waals surface area contributed by atoms with Crippen molar-refractivity contribution in [1.29, 1.82) is 0 Å². The van der Waals surface area contributed by atoms with Crippen LogP contribution in [0.15, 0.2) is 35.3 Å². The summed E-state index contributed by atoms with van der Waals surface area (Å²) in [5.41, 5.74) is -0.194. The number of ether oxygens (including phenoxy) is 2. The van der Waals surface area contributed by atoms with Gasteiger partial charge in [0.1, 0.15) is 11.8 Å². The lowest BCUT2D eigenvalue weighted by molar-refractivity contribution is -0.147. The molecule has 1 unspecified atom stereocenters. The number of benzene rings is 1. The van der Waals surface area contributed by atoms with Crippen molar-refractivity contribution >= 4 is 16.7 Å². The molecule has 22 heavy (non-hydrogen) atoms. The molecule has 0 aliphatic rings. The van der Waals surface area contributed by atoms with Crippen molar-refractivity contribution in [3.8, 4) is 5.75 Å². The first-order valence-electron chi connectivity index (χ1n) is 7.47. The quantitative estimate of drug-likeness (QED) is 0.770. The molecular formula is C17H21NO4. The third-order valence-corrected chi connectivity index (χ3v) is 3.58. The normalized spacial score (nSPS) is 12.1. The maximum Gasteiger partial charge on any atom is 0.329 e. The van der Waals surface area contributed by atoms with Crippen molar-refractivity contribution in [3.63, 3.8) is 0 Å². The Kier molecular flexibility index (Phi) is 5.20. The molecule has 0 saturated heterocycles. The van der Waals surface area contributed by atoms with E-state index in [1.54, 1.807) is 31.5 Å². The Bertz CT molecular complexity index is 720. The largest absolute Gasteiger partial charge is 0.497 e. The number of aromatic nitrogens is 1. The lowest BCUT2D eigenvalue weighted by atomic mass is 10.1. The zero-order chi connectivity index (χ0) is 16.1. The molecule has 0 spiro atoms. The Morgan fingerprint density at radius 2 is 2.05 bits per heavy atom. The van der Waals surface area contributed by atoms with E-state index in [4.69, 9.17) is 9.47 Å². The summed E-state index contributed by atoms with van der Waals surface area (Å²) in [4.78, 5) is 24.7. The predicted molar refractivity (Wildman–Crippen MR) is 85.3 cm³/mol. The van der Waals surface area contributed by atoms with E-state index in [2.05, 4.69) is 0 Å². The minimum atomic E-state index is -0.592. The van der Waals surface area contributed by atoms with Gasteiger partial charge < -0.3 is 14.0 Å². The fourth-order valence-electron chi connectivity index (χ4n) is 2.39. The molecule has 0 saturated carbocycles. The third kappa shape index (κ3) is 3.13. The lowest BCUT2D eigenvalue weighted by Gasteiger charge is -2.17. The minimum absolute atomic E-state index is 0.194. The highest BCUT2D eigenvalue weighted by atomic mass is 16.5. The van der Waals surface area contributed by atoms with E-state index in [1.165, 1.54) is 4.57 Å². The minimum Gasteiger partial charge on any atom is -0.497 e. The van der Waals surface area contributed by atoms with Gasteiger partial charge in [-0.05, 0) is 42.5 Å². The Morgan fingerprint density at radius 3 is 2.68 bits per heavy atom. The van der Waals surface area contributed by atoms with Crippen LogP contribution in [-0.2, 0) is 9.53 Å². The molecular weight excluding hydrogens is 282 g/mol. The summed E-state index contributed by atoms with van der Waals surface area (Å²) >= 11 is 0. The van der Waals surface area contributed by atoms with E-state index in [-0.39, 0.29) is 11.5 Å². The molecule has 0 N–H and O–H groups in total. The van der Waals surface area contributed by atoms with E-state index in [0.29, 0.717) is 24.2 Å². The summed E-state index contributed by atoms with van der Waals surface area (Å²) < 4.78 is 11.8. The summed E-state index contributed by atoms with van der Waals surface area (Å²) in [6.07, 6.45) is 2.91. The summed E-state index contributed by atoms with van der Waals surface area (Å²) in [5, 5.41) is 1.35. The molecule has 118 valence electrons. The van der Waals surface area contributed by atoms with Crippen LogP contribution in [0.2, 0.25) is 0 Å². The van der Waals surface area contributed by atoms with Crippen LogP contribution in [-0.4, -0.2) is 24.3 Å². The van der Waals surface area contributed by atoms with Crippen molar-refractivity contribution in [2.24, 2.45) is 0 Å². The third-order valence-electron chi connectivity index (χ3n) is 3.58. The first-order valence-corrected chi connectivity index (χ1v) is 7.47. The van der Waals surface area contributed by atoms with Crippen LogP contribution in [0.25, 0.3) is 10.8 Å². The maximum absolute atomic E-state index is 12.6. The van der Waals surface area contributed by atoms with Crippen molar-refractivity contribution in [2.75, 3.05) is 13.7 Å². The fraction of sp³-hybridized carbons (Fsp3) is 0.412. The second-order valence-corrected chi connectivity index (χ2v) is 5.07. The van der Waals surface area contributed by atoms with Gasteiger partial charge in [-0.2, -0.15) is 0 Å². The number of rotatable bonds is 6. The lowest BCUT2D eigenvalue weighted by Crippen LogP contribution is -2.30. The molecule has 0 radical (unpaired) electrons. The summed E-state index contributed by atoms with van der Waals surface area (Å²) in [6, 6.07) is 6.49. The number of nitrogens with zero attached hydrogens (tertiary/aromatic N) is 1. The number of methoxy groups -OCH3 is 1.